The molecule has 1 amide bonds. The summed E-state index contributed by atoms with van der Waals surface area (Å²) in [6, 6.07) is 16.4. The van der Waals surface area contributed by atoms with Crippen LogP contribution in [0.1, 0.15) is 37.5 Å². The molecule has 3 rings (SSSR count). The summed E-state index contributed by atoms with van der Waals surface area (Å²) in [6.45, 7) is 11.0. The van der Waals surface area contributed by atoms with Crippen LogP contribution in [0.15, 0.2) is 54.6 Å². The SMILES string of the molecule is CC(C)(C)c1ccc(/C=C/C(=O)Nc2ccc(CN3CCOCC3)cc2)cc1. The molecule has 1 fully saturated rings. The van der Waals surface area contributed by atoms with Crippen LogP contribution >= 0.6 is 0 Å². The summed E-state index contributed by atoms with van der Waals surface area (Å²) in [5.74, 6) is -0.124. The number of rotatable bonds is 5. The molecule has 0 saturated carbocycles. The maximum absolute atomic E-state index is 12.2. The summed E-state index contributed by atoms with van der Waals surface area (Å²) < 4.78 is 5.38. The molecule has 148 valence electrons. The molecule has 1 aliphatic heterocycles. The number of morpholine rings is 1. The van der Waals surface area contributed by atoms with E-state index >= 15 is 0 Å². The fourth-order valence-electron chi connectivity index (χ4n) is 3.16. The quantitative estimate of drug-likeness (QED) is 0.781. The van der Waals surface area contributed by atoms with Crippen LogP contribution in [0.25, 0.3) is 6.08 Å². The molecular weight excluding hydrogens is 348 g/mol. The second kappa shape index (κ2) is 9.18. The monoisotopic (exact) mass is 378 g/mol. The Balaban J connectivity index is 1.52. The Hall–Kier alpha value is -2.43. The number of hydrogen-bond acceptors (Lipinski definition) is 3. The lowest BCUT2D eigenvalue weighted by molar-refractivity contribution is -0.111. The van der Waals surface area contributed by atoms with Crippen molar-refractivity contribution in [2.24, 2.45) is 0 Å². The first-order chi connectivity index (χ1) is 13.4. The second-order valence-corrected chi connectivity index (χ2v) is 8.28. The van der Waals surface area contributed by atoms with Crippen molar-refractivity contribution in [1.29, 1.82) is 0 Å². The second-order valence-electron chi connectivity index (χ2n) is 8.28. The highest BCUT2D eigenvalue weighted by molar-refractivity contribution is 6.01. The highest BCUT2D eigenvalue weighted by Gasteiger charge is 2.12. The molecule has 4 heteroatoms. The molecule has 0 unspecified atom stereocenters. The molecule has 2 aromatic rings. The van der Waals surface area contributed by atoms with Crippen molar-refractivity contribution in [3.8, 4) is 0 Å². The van der Waals surface area contributed by atoms with Gasteiger partial charge >= 0.3 is 0 Å². The van der Waals surface area contributed by atoms with Crippen LogP contribution < -0.4 is 5.32 Å². The summed E-state index contributed by atoms with van der Waals surface area (Å²) in [6.07, 6.45) is 3.42. The van der Waals surface area contributed by atoms with Gasteiger partial charge in [0.2, 0.25) is 5.91 Å². The Labute approximate surface area is 168 Å². The number of nitrogens with one attached hydrogen (secondary N) is 1. The van der Waals surface area contributed by atoms with E-state index in [0.29, 0.717) is 0 Å². The van der Waals surface area contributed by atoms with Crippen LogP contribution in [0.3, 0.4) is 0 Å². The Morgan fingerprint density at radius 1 is 1.04 bits per heavy atom. The average molecular weight is 379 g/mol. The lowest BCUT2D eigenvalue weighted by Gasteiger charge is -2.26. The Kier molecular flexibility index (Phi) is 6.65. The largest absolute Gasteiger partial charge is 0.379 e. The van der Waals surface area contributed by atoms with Crippen molar-refractivity contribution in [1.82, 2.24) is 4.90 Å². The van der Waals surface area contributed by atoms with E-state index in [-0.39, 0.29) is 11.3 Å². The van der Waals surface area contributed by atoms with Gasteiger partial charge < -0.3 is 10.1 Å². The molecule has 0 aliphatic carbocycles. The number of nitrogens with zero attached hydrogens (tertiary/aromatic N) is 1. The van der Waals surface area contributed by atoms with E-state index in [1.165, 1.54) is 11.1 Å². The third kappa shape index (κ3) is 6.04. The number of ether oxygens (including phenoxy) is 1. The minimum absolute atomic E-state index is 0.124. The molecule has 1 heterocycles. The minimum atomic E-state index is -0.124. The summed E-state index contributed by atoms with van der Waals surface area (Å²) in [4.78, 5) is 14.6. The summed E-state index contributed by atoms with van der Waals surface area (Å²) in [7, 11) is 0. The molecule has 1 aliphatic rings. The van der Waals surface area contributed by atoms with Crippen LogP contribution in [0, 0.1) is 0 Å². The number of carbonyl (C=O) groups excluding carboxylic acids is 1. The van der Waals surface area contributed by atoms with Crippen molar-refractivity contribution in [3.63, 3.8) is 0 Å². The molecule has 0 spiro atoms. The molecule has 0 bridgehead atoms. The molecule has 4 nitrogen and oxygen atoms in total. The van der Waals surface area contributed by atoms with Gasteiger partial charge in [-0.05, 0) is 40.3 Å². The van der Waals surface area contributed by atoms with Gasteiger partial charge in [-0.1, -0.05) is 57.2 Å². The smallest absolute Gasteiger partial charge is 0.248 e. The number of carbonyl (C=O) groups is 1. The lowest BCUT2D eigenvalue weighted by Crippen LogP contribution is -2.35. The summed E-state index contributed by atoms with van der Waals surface area (Å²) in [5, 5.41) is 2.92. The number of anilines is 1. The predicted molar refractivity (Wildman–Crippen MR) is 115 cm³/mol. The molecule has 1 N–H and O–H groups in total. The van der Waals surface area contributed by atoms with Crippen LogP contribution in [0.4, 0.5) is 5.69 Å². The van der Waals surface area contributed by atoms with E-state index < -0.39 is 0 Å². The van der Waals surface area contributed by atoms with Gasteiger partial charge in [0, 0.05) is 31.4 Å². The Bertz CT molecular complexity index is 796. The number of benzene rings is 2. The number of hydrogen-bond donors (Lipinski definition) is 1. The zero-order chi connectivity index (χ0) is 20.0. The van der Waals surface area contributed by atoms with Gasteiger partial charge in [0.25, 0.3) is 0 Å². The van der Waals surface area contributed by atoms with Gasteiger partial charge in [-0.25, -0.2) is 0 Å². The van der Waals surface area contributed by atoms with Gasteiger partial charge in [-0.15, -0.1) is 0 Å². The first kappa shape index (κ1) is 20.3. The van der Waals surface area contributed by atoms with E-state index in [2.05, 4.69) is 55.3 Å². The molecule has 28 heavy (non-hydrogen) atoms. The summed E-state index contributed by atoms with van der Waals surface area (Å²) in [5.41, 5.74) is 4.49. The van der Waals surface area contributed by atoms with Crippen LogP contribution in [0.2, 0.25) is 0 Å². The zero-order valence-electron chi connectivity index (χ0n) is 17.1. The highest BCUT2D eigenvalue weighted by Crippen LogP contribution is 2.22. The van der Waals surface area contributed by atoms with Gasteiger partial charge in [0.15, 0.2) is 0 Å². The Morgan fingerprint density at radius 2 is 1.68 bits per heavy atom. The standard InChI is InChI=1S/C24H30N2O2/c1-24(2,3)21-9-4-19(5-10-21)8-13-23(27)25-22-11-6-20(7-12-22)18-26-14-16-28-17-15-26/h4-13H,14-18H2,1-3H3,(H,25,27)/b13-8+. The molecular formula is C24H30N2O2. The van der Waals surface area contributed by atoms with Crippen molar-refractivity contribution in [2.75, 3.05) is 31.6 Å². The van der Waals surface area contributed by atoms with Crippen molar-refractivity contribution in [2.45, 2.75) is 32.7 Å². The minimum Gasteiger partial charge on any atom is -0.379 e. The normalized spacial score (nSPS) is 15.7. The summed E-state index contributed by atoms with van der Waals surface area (Å²) >= 11 is 0. The van der Waals surface area contributed by atoms with E-state index in [1.807, 2.05) is 30.3 Å². The fourth-order valence-corrected chi connectivity index (χ4v) is 3.16. The van der Waals surface area contributed by atoms with Crippen molar-refractivity contribution >= 4 is 17.7 Å². The van der Waals surface area contributed by atoms with Gasteiger partial charge in [0.1, 0.15) is 0 Å². The molecule has 2 aromatic carbocycles. The van der Waals surface area contributed by atoms with Gasteiger partial charge in [-0.2, -0.15) is 0 Å². The first-order valence-corrected chi connectivity index (χ1v) is 9.89. The molecule has 1 saturated heterocycles. The predicted octanol–water partition coefficient (Wildman–Crippen LogP) is 4.47. The Morgan fingerprint density at radius 3 is 2.29 bits per heavy atom. The molecule has 0 atom stereocenters. The maximum Gasteiger partial charge on any atom is 0.248 e. The highest BCUT2D eigenvalue weighted by atomic mass is 16.5. The van der Waals surface area contributed by atoms with Gasteiger partial charge in [0.05, 0.1) is 13.2 Å². The third-order valence-electron chi connectivity index (χ3n) is 4.94. The lowest BCUT2D eigenvalue weighted by atomic mass is 9.87. The third-order valence-corrected chi connectivity index (χ3v) is 4.94. The first-order valence-electron chi connectivity index (χ1n) is 9.89. The van der Waals surface area contributed by atoms with E-state index in [9.17, 15) is 4.79 Å². The van der Waals surface area contributed by atoms with E-state index in [4.69, 9.17) is 4.74 Å². The fraction of sp³-hybridized carbons (Fsp3) is 0.375. The van der Waals surface area contributed by atoms with Gasteiger partial charge in [-0.3, -0.25) is 9.69 Å². The van der Waals surface area contributed by atoms with Crippen molar-refractivity contribution in [3.05, 3.63) is 71.3 Å². The van der Waals surface area contributed by atoms with Crippen LogP contribution in [-0.4, -0.2) is 37.1 Å². The topological polar surface area (TPSA) is 41.6 Å². The molecule has 0 radical (unpaired) electrons. The zero-order valence-corrected chi connectivity index (χ0v) is 17.1. The maximum atomic E-state index is 12.2. The van der Waals surface area contributed by atoms with Crippen molar-refractivity contribution < 1.29 is 9.53 Å². The van der Waals surface area contributed by atoms with E-state index in [0.717, 1.165) is 44.1 Å². The van der Waals surface area contributed by atoms with E-state index in [1.54, 1.807) is 6.08 Å². The van der Waals surface area contributed by atoms with Crippen LogP contribution in [-0.2, 0) is 21.5 Å². The molecule has 0 aromatic heterocycles. The average Bonchev–Trinajstić information content (AvgIpc) is 2.68. The number of amides is 1. The van der Waals surface area contributed by atoms with Crippen LogP contribution in [0.5, 0.6) is 0 Å².